The van der Waals surface area contributed by atoms with Crippen molar-refractivity contribution >= 4 is 27.8 Å². The topological polar surface area (TPSA) is 62.5 Å². The fourth-order valence-corrected chi connectivity index (χ4v) is 3.24. The second kappa shape index (κ2) is 6.43. The maximum Gasteiger partial charge on any atom is 0.303 e. The molecule has 1 atom stereocenters. The van der Waals surface area contributed by atoms with Crippen LogP contribution in [0.2, 0.25) is 0 Å². The molecule has 2 rings (SSSR count). The van der Waals surface area contributed by atoms with E-state index in [2.05, 4.69) is 15.9 Å². The van der Waals surface area contributed by atoms with Gasteiger partial charge in [-0.25, -0.2) is 0 Å². The summed E-state index contributed by atoms with van der Waals surface area (Å²) in [6.45, 7) is 1.42. The van der Waals surface area contributed by atoms with Crippen molar-refractivity contribution in [3.63, 3.8) is 0 Å². The molecule has 0 aliphatic carbocycles. The second-order valence-electron chi connectivity index (χ2n) is 5.35. The molecular weight excluding hydrogens is 324 g/mol. The number of carbonyl (C=O) groups excluding carboxylic acids is 1. The van der Waals surface area contributed by atoms with Crippen LogP contribution in [0.4, 0.5) is 0 Å². The van der Waals surface area contributed by atoms with Gasteiger partial charge in [0.1, 0.15) is 5.69 Å². The highest BCUT2D eigenvalue weighted by Gasteiger charge is 2.26. The molecule has 0 aromatic carbocycles. The van der Waals surface area contributed by atoms with E-state index in [0.29, 0.717) is 24.6 Å². The molecule has 1 aliphatic rings. The van der Waals surface area contributed by atoms with Gasteiger partial charge in [0.15, 0.2) is 0 Å². The van der Waals surface area contributed by atoms with Gasteiger partial charge in [0.05, 0.1) is 0 Å². The Hall–Kier alpha value is -1.30. The van der Waals surface area contributed by atoms with E-state index in [-0.39, 0.29) is 12.3 Å². The summed E-state index contributed by atoms with van der Waals surface area (Å²) in [6.07, 6.45) is 4.65. The normalized spacial score (nSPS) is 19.1. The maximum atomic E-state index is 12.5. The predicted molar refractivity (Wildman–Crippen MR) is 78.6 cm³/mol. The first-order valence-corrected chi connectivity index (χ1v) is 7.59. The van der Waals surface area contributed by atoms with Crippen molar-refractivity contribution in [2.24, 2.45) is 13.0 Å². The molecule has 5 nitrogen and oxygen atoms in total. The molecule has 1 aromatic rings. The van der Waals surface area contributed by atoms with E-state index in [1.54, 1.807) is 0 Å². The number of nitrogens with zero attached hydrogens (tertiary/aromatic N) is 2. The van der Waals surface area contributed by atoms with Crippen molar-refractivity contribution in [1.29, 1.82) is 0 Å². The first-order chi connectivity index (χ1) is 9.47. The number of amides is 1. The summed E-state index contributed by atoms with van der Waals surface area (Å²) in [7, 11) is 1.85. The Morgan fingerprint density at radius 3 is 2.85 bits per heavy atom. The summed E-state index contributed by atoms with van der Waals surface area (Å²) in [4.78, 5) is 25.0. The number of aliphatic carboxylic acids is 1. The van der Waals surface area contributed by atoms with Crippen molar-refractivity contribution in [3.05, 3.63) is 22.4 Å². The Labute approximate surface area is 126 Å². The van der Waals surface area contributed by atoms with Crippen LogP contribution in [0.1, 0.15) is 36.2 Å². The third kappa shape index (κ3) is 3.62. The van der Waals surface area contributed by atoms with Crippen molar-refractivity contribution in [2.45, 2.75) is 25.7 Å². The van der Waals surface area contributed by atoms with Crippen LogP contribution in [0.3, 0.4) is 0 Å². The van der Waals surface area contributed by atoms with Gasteiger partial charge in [-0.05, 0) is 47.2 Å². The maximum absolute atomic E-state index is 12.5. The monoisotopic (exact) mass is 342 g/mol. The van der Waals surface area contributed by atoms with E-state index in [9.17, 15) is 9.59 Å². The van der Waals surface area contributed by atoms with E-state index >= 15 is 0 Å². The molecule has 1 aromatic heterocycles. The number of hydrogen-bond acceptors (Lipinski definition) is 2. The van der Waals surface area contributed by atoms with Crippen LogP contribution in [-0.2, 0) is 11.8 Å². The zero-order valence-electron chi connectivity index (χ0n) is 11.5. The quantitative estimate of drug-likeness (QED) is 0.914. The zero-order valence-corrected chi connectivity index (χ0v) is 13.1. The molecular formula is C14H19BrN2O3. The number of carboxylic acids is 1. The van der Waals surface area contributed by atoms with E-state index in [1.165, 1.54) is 0 Å². The minimum atomic E-state index is -0.764. The molecule has 1 amide bonds. The largest absolute Gasteiger partial charge is 0.481 e. The molecule has 1 aliphatic heterocycles. The number of carboxylic acid groups (broad SMARTS) is 1. The number of hydrogen-bond donors (Lipinski definition) is 1. The van der Waals surface area contributed by atoms with Gasteiger partial charge in [-0.15, -0.1) is 0 Å². The van der Waals surface area contributed by atoms with Gasteiger partial charge < -0.3 is 14.6 Å². The van der Waals surface area contributed by atoms with E-state index < -0.39 is 5.97 Å². The highest BCUT2D eigenvalue weighted by Crippen LogP contribution is 2.23. The number of piperidine rings is 1. The van der Waals surface area contributed by atoms with Gasteiger partial charge in [-0.2, -0.15) is 0 Å². The first-order valence-electron chi connectivity index (χ1n) is 6.80. The van der Waals surface area contributed by atoms with Crippen LogP contribution in [0.25, 0.3) is 0 Å². The van der Waals surface area contributed by atoms with Crippen LogP contribution in [0.5, 0.6) is 0 Å². The molecule has 1 N–H and O–H groups in total. The number of halogens is 1. The van der Waals surface area contributed by atoms with E-state index in [1.807, 2.05) is 28.8 Å². The van der Waals surface area contributed by atoms with Crippen molar-refractivity contribution < 1.29 is 14.7 Å². The van der Waals surface area contributed by atoms with Crippen molar-refractivity contribution in [2.75, 3.05) is 13.1 Å². The SMILES string of the molecule is Cn1cc(Br)cc1C(=O)N1CCCC(CCC(=O)O)C1. The van der Waals surface area contributed by atoms with Gasteiger partial charge in [0.2, 0.25) is 0 Å². The molecule has 1 saturated heterocycles. The van der Waals surface area contributed by atoms with Crippen LogP contribution in [0.15, 0.2) is 16.7 Å². The minimum absolute atomic E-state index is 0.0261. The number of aromatic nitrogens is 1. The lowest BCUT2D eigenvalue weighted by Crippen LogP contribution is -2.40. The van der Waals surface area contributed by atoms with Gasteiger partial charge >= 0.3 is 5.97 Å². The highest BCUT2D eigenvalue weighted by molar-refractivity contribution is 9.10. The fourth-order valence-electron chi connectivity index (χ4n) is 2.71. The number of rotatable bonds is 4. The van der Waals surface area contributed by atoms with Gasteiger partial charge in [0.25, 0.3) is 5.91 Å². The van der Waals surface area contributed by atoms with Crippen LogP contribution < -0.4 is 0 Å². The molecule has 1 unspecified atom stereocenters. The lowest BCUT2D eigenvalue weighted by molar-refractivity contribution is -0.137. The second-order valence-corrected chi connectivity index (χ2v) is 6.26. The first kappa shape index (κ1) is 15.1. The van der Waals surface area contributed by atoms with Gasteiger partial charge in [0, 0.05) is 37.2 Å². The molecule has 0 spiro atoms. The molecule has 6 heteroatoms. The lowest BCUT2D eigenvalue weighted by Gasteiger charge is -2.32. The Morgan fingerprint density at radius 2 is 2.25 bits per heavy atom. The van der Waals surface area contributed by atoms with Crippen molar-refractivity contribution in [3.8, 4) is 0 Å². The fraction of sp³-hybridized carbons (Fsp3) is 0.571. The molecule has 0 bridgehead atoms. The van der Waals surface area contributed by atoms with Crippen LogP contribution in [-0.4, -0.2) is 39.5 Å². The molecule has 0 saturated carbocycles. The summed E-state index contributed by atoms with van der Waals surface area (Å²) in [5.41, 5.74) is 0.663. The standard InChI is InChI=1S/C14H19BrN2O3/c1-16-9-11(15)7-12(16)14(20)17-6-2-3-10(8-17)4-5-13(18)19/h7,9-10H,2-6,8H2,1H3,(H,18,19). The summed E-state index contributed by atoms with van der Waals surface area (Å²) >= 11 is 3.37. The highest BCUT2D eigenvalue weighted by atomic mass is 79.9. The zero-order chi connectivity index (χ0) is 14.7. The summed E-state index contributed by atoms with van der Waals surface area (Å²) in [5.74, 6) is -0.439. The van der Waals surface area contributed by atoms with Gasteiger partial charge in [-0.3, -0.25) is 9.59 Å². The summed E-state index contributed by atoms with van der Waals surface area (Å²) < 4.78 is 2.70. The van der Waals surface area contributed by atoms with E-state index in [0.717, 1.165) is 23.9 Å². The molecule has 0 radical (unpaired) electrons. The van der Waals surface area contributed by atoms with E-state index in [4.69, 9.17) is 5.11 Å². The average molecular weight is 343 g/mol. The third-order valence-electron chi connectivity index (χ3n) is 3.76. The predicted octanol–water partition coefficient (Wildman–Crippen LogP) is 2.50. The van der Waals surface area contributed by atoms with Crippen LogP contribution in [0, 0.1) is 5.92 Å². The van der Waals surface area contributed by atoms with Crippen LogP contribution >= 0.6 is 15.9 Å². The molecule has 20 heavy (non-hydrogen) atoms. The smallest absolute Gasteiger partial charge is 0.303 e. The van der Waals surface area contributed by atoms with Gasteiger partial charge in [-0.1, -0.05) is 0 Å². The third-order valence-corrected chi connectivity index (χ3v) is 4.20. The Morgan fingerprint density at radius 1 is 1.50 bits per heavy atom. The Balaban J connectivity index is 1.99. The molecule has 1 fully saturated rings. The Bertz CT molecular complexity index is 513. The summed E-state index contributed by atoms with van der Waals surface area (Å²) in [5, 5.41) is 8.75. The Kier molecular flexibility index (Phi) is 4.86. The minimum Gasteiger partial charge on any atom is -0.481 e. The number of likely N-dealkylation sites (tertiary alicyclic amines) is 1. The summed E-state index contributed by atoms with van der Waals surface area (Å²) in [6, 6.07) is 1.82. The molecule has 2 heterocycles. The average Bonchev–Trinajstić information content (AvgIpc) is 2.75. The molecule has 110 valence electrons. The number of aryl methyl sites for hydroxylation is 1. The number of carbonyl (C=O) groups is 2. The van der Waals surface area contributed by atoms with Crippen molar-refractivity contribution in [1.82, 2.24) is 9.47 Å². The lowest BCUT2D eigenvalue weighted by atomic mass is 9.93.